The summed E-state index contributed by atoms with van der Waals surface area (Å²) in [6.45, 7) is 3.53. The maximum Gasteiger partial charge on any atom is 0.183 e. The zero-order valence-electron chi connectivity index (χ0n) is 7.88. The molecule has 0 amide bonds. The van der Waals surface area contributed by atoms with Crippen LogP contribution in [0.3, 0.4) is 0 Å². The molecule has 0 N–H and O–H groups in total. The number of halogens is 2. The normalized spacial score (nSPS) is 10.4. The number of hydrogen-bond acceptors (Lipinski definition) is 2. The summed E-state index contributed by atoms with van der Waals surface area (Å²) in [6.07, 6.45) is 0.431. The van der Waals surface area contributed by atoms with E-state index < -0.39 is 5.82 Å². The Labute approximate surface area is 86.6 Å². The molecule has 0 heterocycles. The molecule has 0 fully saturated rings. The highest BCUT2D eigenvalue weighted by molar-refractivity contribution is 6.31. The Balaban J connectivity index is 3.13. The number of rotatable bonds is 3. The molecule has 2 nitrogen and oxygen atoms in total. The lowest BCUT2D eigenvalue weighted by Crippen LogP contribution is -2.07. The monoisotopic (exact) mass is 216 g/mol. The zero-order valence-corrected chi connectivity index (χ0v) is 8.64. The minimum absolute atomic E-state index is 0.00889. The van der Waals surface area contributed by atoms with Crippen molar-refractivity contribution < 1.29 is 13.9 Å². The summed E-state index contributed by atoms with van der Waals surface area (Å²) in [5.41, 5.74) is 0.298. The van der Waals surface area contributed by atoms with Crippen molar-refractivity contribution in [3.63, 3.8) is 0 Å². The van der Waals surface area contributed by atoms with Crippen molar-refractivity contribution in [3.8, 4) is 5.75 Å². The van der Waals surface area contributed by atoms with Crippen molar-refractivity contribution in [1.82, 2.24) is 0 Å². The summed E-state index contributed by atoms with van der Waals surface area (Å²) in [5.74, 6) is -0.624. The third-order valence-corrected chi connectivity index (χ3v) is 1.79. The second-order valence-electron chi connectivity index (χ2n) is 3.10. The standard InChI is InChI=1S/C10H10ClFO2/c1-6(2)14-9-4-7(5-13)3-8(11)10(9)12/h3-6H,1-2H3. The highest BCUT2D eigenvalue weighted by atomic mass is 35.5. The molecule has 0 aliphatic rings. The molecule has 0 aromatic heterocycles. The van der Waals surface area contributed by atoms with Crippen molar-refractivity contribution >= 4 is 17.9 Å². The topological polar surface area (TPSA) is 26.3 Å². The van der Waals surface area contributed by atoms with Gasteiger partial charge in [0.1, 0.15) is 6.29 Å². The van der Waals surface area contributed by atoms with Crippen molar-refractivity contribution in [1.29, 1.82) is 0 Å². The molecule has 1 rings (SSSR count). The fourth-order valence-electron chi connectivity index (χ4n) is 0.992. The number of ether oxygens (including phenoxy) is 1. The maximum absolute atomic E-state index is 13.3. The summed E-state index contributed by atoms with van der Waals surface area (Å²) >= 11 is 5.57. The van der Waals surface area contributed by atoms with Crippen LogP contribution in [0.2, 0.25) is 5.02 Å². The number of carbonyl (C=O) groups is 1. The van der Waals surface area contributed by atoms with Gasteiger partial charge in [-0.05, 0) is 26.0 Å². The molecular weight excluding hydrogens is 207 g/mol. The van der Waals surface area contributed by atoms with E-state index in [1.54, 1.807) is 13.8 Å². The number of benzene rings is 1. The maximum atomic E-state index is 13.3. The lowest BCUT2D eigenvalue weighted by atomic mass is 10.2. The minimum Gasteiger partial charge on any atom is -0.488 e. The molecule has 0 radical (unpaired) electrons. The van der Waals surface area contributed by atoms with Gasteiger partial charge < -0.3 is 4.74 Å². The van der Waals surface area contributed by atoms with Gasteiger partial charge in [-0.15, -0.1) is 0 Å². The number of hydrogen-bond donors (Lipinski definition) is 0. The highest BCUT2D eigenvalue weighted by Gasteiger charge is 2.11. The van der Waals surface area contributed by atoms with E-state index in [9.17, 15) is 9.18 Å². The molecule has 0 atom stereocenters. The van der Waals surface area contributed by atoms with Gasteiger partial charge in [0.25, 0.3) is 0 Å². The van der Waals surface area contributed by atoms with Crippen LogP contribution in [0.4, 0.5) is 4.39 Å². The van der Waals surface area contributed by atoms with Crippen LogP contribution in [0.15, 0.2) is 12.1 Å². The van der Waals surface area contributed by atoms with Gasteiger partial charge in [0.15, 0.2) is 11.6 Å². The molecular formula is C10H10ClFO2. The fraction of sp³-hybridized carbons (Fsp3) is 0.300. The largest absolute Gasteiger partial charge is 0.488 e. The van der Waals surface area contributed by atoms with E-state index in [-0.39, 0.29) is 16.9 Å². The highest BCUT2D eigenvalue weighted by Crippen LogP contribution is 2.26. The van der Waals surface area contributed by atoms with Crippen LogP contribution in [0.25, 0.3) is 0 Å². The summed E-state index contributed by atoms with van der Waals surface area (Å²) < 4.78 is 18.5. The van der Waals surface area contributed by atoms with Gasteiger partial charge >= 0.3 is 0 Å². The van der Waals surface area contributed by atoms with Crippen LogP contribution in [0.1, 0.15) is 24.2 Å². The van der Waals surface area contributed by atoms with Crippen molar-refractivity contribution in [3.05, 3.63) is 28.5 Å². The van der Waals surface area contributed by atoms with Gasteiger partial charge in [-0.25, -0.2) is 4.39 Å². The number of aldehydes is 1. The van der Waals surface area contributed by atoms with Crippen molar-refractivity contribution in [2.24, 2.45) is 0 Å². The third-order valence-electron chi connectivity index (χ3n) is 1.52. The molecule has 0 saturated heterocycles. The third kappa shape index (κ3) is 2.45. The average molecular weight is 217 g/mol. The number of carbonyl (C=O) groups excluding carboxylic acids is 1. The van der Waals surface area contributed by atoms with E-state index in [2.05, 4.69) is 0 Å². The van der Waals surface area contributed by atoms with Crippen molar-refractivity contribution in [2.75, 3.05) is 0 Å². The average Bonchev–Trinajstić information content (AvgIpc) is 2.11. The molecule has 14 heavy (non-hydrogen) atoms. The Morgan fingerprint density at radius 2 is 2.14 bits per heavy atom. The van der Waals surface area contributed by atoms with Crippen LogP contribution in [-0.4, -0.2) is 12.4 Å². The first kappa shape index (κ1) is 11.0. The molecule has 0 aliphatic carbocycles. The predicted molar refractivity (Wildman–Crippen MR) is 52.6 cm³/mol. The van der Waals surface area contributed by atoms with Gasteiger partial charge in [-0.1, -0.05) is 11.6 Å². The zero-order chi connectivity index (χ0) is 10.7. The van der Waals surface area contributed by atoms with E-state index in [1.165, 1.54) is 12.1 Å². The molecule has 0 unspecified atom stereocenters. The Hall–Kier alpha value is -1.09. The van der Waals surface area contributed by atoms with E-state index in [1.807, 2.05) is 0 Å². The molecule has 1 aromatic rings. The summed E-state index contributed by atoms with van der Waals surface area (Å²) in [6, 6.07) is 2.59. The van der Waals surface area contributed by atoms with Gasteiger partial charge in [0, 0.05) is 5.56 Å². The van der Waals surface area contributed by atoms with Gasteiger partial charge in [-0.2, -0.15) is 0 Å². The quantitative estimate of drug-likeness (QED) is 0.726. The first-order chi connectivity index (χ1) is 6.54. The van der Waals surface area contributed by atoms with E-state index in [0.717, 1.165) is 0 Å². The van der Waals surface area contributed by atoms with Crippen molar-refractivity contribution in [2.45, 2.75) is 20.0 Å². The smallest absolute Gasteiger partial charge is 0.183 e. The first-order valence-electron chi connectivity index (χ1n) is 4.15. The second-order valence-corrected chi connectivity index (χ2v) is 3.51. The summed E-state index contributed by atoms with van der Waals surface area (Å²) in [4.78, 5) is 10.5. The van der Waals surface area contributed by atoms with E-state index in [4.69, 9.17) is 16.3 Å². The Bertz CT molecular complexity index is 350. The molecule has 1 aromatic carbocycles. The molecule has 0 aliphatic heterocycles. The van der Waals surface area contributed by atoms with Gasteiger partial charge in [-0.3, -0.25) is 4.79 Å². The Morgan fingerprint density at radius 3 is 2.64 bits per heavy atom. The molecule has 0 spiro atoms. The molecule has 76 valence electrons. The summed E-state index contributed by atoms with van der Waals surface area (Å²) in [5, 5.41) is -0.106. The van der Waals surface area contributed by atoms with E-state index in [0.29, 0.717) is 11.8 Å². The van der Waals surface area contributed by atoms with Crippen LogP contribution in [0.5, 0.6) is 5.75 Å². The van der Waals surface area contributed by atoms with E-state index >= 15 is 0 Å². The van der Waals surface area contributed by atoms with Crippen LogP contribution in [0, 0.1) is 5.82 Å². The molecule has 0 bridgehead atoms. The predicted octanol–water partition coefficient (Wildman–Crippen LogP) is 3.08. The SMILES string of the molecule is CC(C)Oc1cc(C=O)cc(Cl)c1F. The van der Waals surface area contributed by atoms with Gasteiger partial charge in [0.05, 0.1) is 11.1 Å². The fourth-order valence-corrected chi connectivity index (χ4v) is 1.21. The molecule has 0 saturated carbocycles. The molecule has 4 heteroatoms. The Morgan fingerprint density at radius 1 is 1.50 bits per heavy atom. The van der Waals surface area contributed by atoms with Gasteiger partial charge in [0.2, 0.25) is 0 Å². The first-order valence-corrected chi connectivity index (χ1v) is 4.53. The minimum atomic E-state index is -0.633. The second kappa shape index (κ2) is 4.42. The van der Waals surface area contributed by atoms with Crippen LogP contribution >= 0.6 is 11.6 Å². The van der Waals surface area contributed by atoms with Crippen LogP contribution in [-0.2, 0) is 0 Å². The van der Waals surface area contributed by atoms with Crippen LogP contribution < -0.4 is 4.74 Å². The summed E-state index contributed by atoms with van der Waals surface area (Å²) in [7, 11) is 0. The Kier molecular flexibility index (Phi) is 3.47. The lowest BCUT2D eigenvalue weighted by molar-refractivity contribution is 0.112. The lowest BCUT2D eigenvalue weighted by Gasteiger charge is -2.11.